The molecule has 1 aliphatic rings. The molecule has 0 saturated heterocycles. The monoisotopic (exact) mass is 417 g/mol. The zero-order valence-corrected chi connectivity index (χ0v) is 17.4. The average Bonchev–Trinajstić information content (AvgIpc) is 3.08. The van der Waals surface area contributed by atoms with E-state index < -0.39 is 30.4 Å². The van der Waals surface area contributed by atoms with Crippen LogP contribution in [0, 0.1) is 5.92 Å². The van der Waals surface area contributed by atoms with Crippen LogP contribution in [0.1, 0.15) is 56.9 Å². The maximum Gasteiger partial charge on any atom is 0.392 e. The first-order chi connectivity index (χ1) is 13.4. The summed E-state index contributed by atoms with van der Waals surface area (Å²) in [4.78, 5) is 25.0. The number of fused-ring (bicyclic) bond motifs is 1. The second-order valence-electron chi connectivity index (χ2n) is 6.57. The van der Waals surface area contributed by atoms with Gasteiger partial charge in [0.05, 0.1) is 12.1 Å². The summed E-state index contributed by atoms with van der Waals surface area (Å²) >= 11 is 0. The highest BCUT2D eigenvalue weighted by atomic mass is 19.4. The van der Waals surface area contributed by atoms with E-state index in [0.717, 1.165) is 18.2 Å². The number of nitrogens with zero attached hydrogens (tertiary/aromatic N) is 3. The Morgan fingerprint density at radius 3 is 2.21 bits per heavy atom. The number of carboxylic acids is 1. The predicted molar refractivity (Wildman–Crippen MR) is 107 cm³/mol. The molecule has 29 heavy (non-hydrogen) atoms. The number of allylic oxidation sites excluding steroid dienone is 2. The summed E-state index contributed by atoms with van der Waals surface area (Å²) < 4.78 is 34.2. The minimum absolute atomic E-state index is 0.206. The lowest BCUT2D eigenvalue weighted by molar-refractivity contribution is -0.140. The Balaban J connectivity index is 0.000000594. The highest BCUT2D eigenvalue weighted by Crippen LogP contribution is 2.27. The first-order valence-corrected chi connectivity index (χ1v) is 9.33. The van der Waals surface area contributed by atoms with Crippen molar-refractivity contribution in [3.63, 3.8) is 0 Å². The summed E-state index contributed by atoms with van der Waals surface area (Å²) in [5.74, 6) is -1.67. The van der Waals surface area contributed by atoms with Gasteiger partial charge in [-0.2, -0.15) is 23.0 Å². The highest BCUT2D eigenvalue weighted by Gasteiger charge is 2.37. The summed E-state index contributed by atoms with van der Waals surface area (Å²) in [5.41, 5.74) is 0.808. The van der Waals surface area contributed by atoms with E-state index in [-0.39, 0.29) is 12.5 Å². The molecule has 0 saturated carbocycles. The third kappa shape index (κ3) is 8.53. The molecule has 6 nitrogen and oxygen atoms in total. The molecule has 0 radical (unpaired) electrons. The van der Waals surface area contributed by atoms with Crippen molar-refractivity contribution >= 4 is 17.7 Å². The molecule has 0 aromatic carbocycles. The van der Waals surface area contributed by atoms with Gasteiger partial charge in [0.25, 0.3) is 5.91 Å². The van der Waals surface area contributed by atoms with Crippen molar-refractivity contribution in [2.75, 3.05) is 18.0 Å². The van der Waals surface area contributed by atoms with Gasteiger partial charge in [-0.25, -0.2) is 0 Å². The van der Waals surface area contributed by atoms with Crippen molar-refractivity contribution in [1.29, 1.82) is 0 Å². The van der Waals surface area contributed by atoms with E-state index in [1.807, 2.05) is 37.8 Å². The van der Waals surface area contributed by atoms with Crippen LogP contribution in [0.4, 0.5) is 19.0 Å². The van der Waals surface area contributed by atoms with Crippen LogP contribution in [0.2, 0.25) is 0 Å². The van der Waals surface area contributed by atoms with E-state index in [9.17, 15) is 22.8 Å². The van der Waals surface area contributed by atoms with Crippen LogP contribution < -0.4 is 4.90 Å². The third-order valence-electron chi connectivity index (χ3n) is 3.88. The van der Waals surface area contributed by atoms with Crippen molar-refractivity contribution < 1.29 is 27.9 Å². The summed E-state index contributed by atoms with van der Waals surface area (Å²) in [6.07, 6.45) is -1.17. The first-order valence-electron chi connectivity index (χ1n) is 9.33. The predicted octanol–water partition coefficient (Wildman–Crippen LogP) is 4.89. The topological polar surface area (TPSA) is 75.4 Å². The summed E-state index contributed by atoms with van der Waals surface area (Å²) in [7, 11) is 0. The molecule has 1 aromatic heterocycles. The zero-order chi connectivity index (χ0) is 22.8. The molecule has 9 heteroatoms. The smallest absolute Gasteiger partial charge is 0.392 e. The molecular formula is C20H30F3N3O3. The fraction of sp³-hybridized carbons (Fsp3) is 0.550. The van der Waals surface area contributed by atoms with Gasteiger partial charge in [0.2, 0.25) is 0 Å². The molecule has 1 N–H and O–H groups in total. The highest BCUT2D eigenvalue weighted by molar-refractivity contribution is 6.01. The quantitative estimate of drug-likeness (QED) is 0.545. The van der Waals surface area contributed by atoms with Crippen molar-refractivity contribution in [3.8, 4) is 0 Å². The zero-order valence-electron chi connectivity index (χ0n) is 17.4. The minimum atomic E-state index is -4.07. The second-order valence-corrected chi connectivity index (χ2v) is 6.57. The number of aromatic nitrogens is 2. The van der Waals surface area contributed by atoms with Crippen molar-refractivity contribution in [3.05, 3.63) is 37.1 Å². The van der Waals surface area contributed by atoms with E-state index >= 15 is 0 Å². The molecule has 1 aliphatic heterocycles. The molecule has 0 bridgehead atoms. The van der Waals surface area contributed by atoms with Crippen molar-refractivity contribution in [2.24, 2.45) is 5.92 Å². The van der Waals surface area contributed by atoms with Crippen LogP contribution in [0.25, 0.3) is 0 Å². The van der Waals surface area contributed by atoms with E-state index in [2.05, 4.69) is 25.2 Å². The van der Waals surface area contributed by atoms with Gasteiger partial charge >= 0.3 is 12.1 Å². The van der Waals surface area contributed by atoms with Gasteiger partial charge in [-0.1, -0.05) is 32.9 Å². The fourth-order valence-electron chi connectivity index (χ4n) is 2.24. The van der Waals surface area contributed by atoms with Gasteiger partial charge < -0.3 is 10.0 Å². The minimum Gasteiger partial charge on any atom is -0.481 e. The van der Waals surface area contributed by atoms with Gasteiger partial charge in [0.1, 0.15) is 5.82 Å². The number of halogens is 3. The molecule has 0 aliphatic carbocycles. The summed E-state index contributed by atoms with van der Waals surface area (Å²) in [6, 6.07) is 1.87. The molecular weight excluding hydrogens is 387 g/mol. The van der Waals surface area contributed by atoms with Gasteiger partial charge in [-0.3, -0.25) is 9.59 Å². The van der Waals surface area contributed by atoms with E-state index in [1.165, 1.54) is 4.68 Å². The Kier molecular flexibility index (Phi) is 11.0. The number of anilines is 1. The summed E-state index contributed by atoms with van der Waals surface area (Å²) in [5, 5.41) is 13.3. The Bertz CT molecular complexity index is 697. The number of rotatable bonds is 5. The van der Waals surface area contributed by atoms with Crippen molar-refractivity contribution in [2.45, 2.75) is 52.6 Å². The molecule has 1 aromatic rings. The average molecular weight is 417 g/mol. The molecule has 1 atom stereocenters. The van der Waals surface area contributed by atoms with E-state index in [1.54, 1.807) is 0 Å². The second kappa shape index (κ2) is 12.1. The van der Waals surface area contributed by atoms with Gasteiger partial charge in [0.15, 0.2) is 5.92 Å². The maximum absolute atomic E-state index is 12.0. The molecule has 2 heterocycles. The Morgan fingerprint density at radius 2 is 1.90 bits per heavy atom. The Labute approximate surface area is 169 Å². The van der Waals surface area contributed by atoms with Gasteiger partial charge in [-0.15, -0.1) is 13.2 Å². The van der Waals surface area contributed by atoms with Gasteiger partial charge in [0, 0.05) is 19.2 Å². The SMILES string of the molecule is C=CCC.C=CCC(F)(F)F.CCN1CC(C(=O)O)C(=O)n2nc(C(C)C)cc21. The van der Waals surface area contributed by atoms with E-state index in [0.29, 0.717) is 12.4 Å². The number of carbonyl (C=O) groups excluding carboxylic acids is 1. The third-order valence-corrected chi connectivity index (χ3v) is 3.88. The van der Waals surface area contributed by atoms with Crippen LogP contribution in [-0.2, 0) is 4.79 Å². The van der Waals surface area contributed by atoms with Crippen LogP contribution >= 0.6 is 0 Å². The summed E-state index contributed by atoms with van der Waals surface area (Å²) in [6.45, 7) is 15.2. The standard InChI is InChI=1S/C12H17N3O3.C4H5F3.C4H8/c1-4-14-6-8(12(17)18)11(16)15-10(14)5-9(13-15)7(2)3;1-2-3-4(5,6)7;1-3-4-2/h5,7-8H,4,6H2,1-3H3,(H,17,18);2H,1,3H2;3H,1,4H2,2H3. The molecule has 1 unspecified atom stereocenters. The maximum atomic E-state index is 12.0. The largest absolute Gasteiger partial charge is 0.481 e. The molecule has 0 fully saturated rings. The Morgan fingerprint density at radius 1 is 1.34 bits per heavy atom. The number of aliphatic carboxylic acids is 1. The Hall–Kier alpha value is -2.58. The van der Waals surface area contributed by atoms with Crippen LogP contribution in [0.5, 0.6) is 0 Å². The van der Waals surface area contributed by atoms with Crippen LogP contribution in [0.15, 0.2) is 31.4 Å². The molecule has 0 amide bonds. The van der Waals surface area contributed by atoms with E-state index in [4.69, 9.17) is 5.11 Å². The number of alkyl halides is 3. The van der Waals surface area contributed by atoms with Crippen LogP contribution in [0.3, 0.4) is 0 Å². The van der Waals surface area contributed by atoms with Crippen molar-refractivity contribution in [1.82, 2.24) is 9.78 Å². The number of carboxylic acid groups (broad SMARTS) is 1. The number of carbonyl (C=O) groups is 2. The fourth-order valence-corrected chi connectivity index (χ4v) is 2.24. The molecule has 0 spiro atoms. The lowest BCUT2D eigenvalue weighted by Gasteiger charge is -2.30. The van der Waals surface area contributed by atoms with Gasteiger partial charge in [-0.05, 0) is 19.3 Å². The lowest BCUT2D eigenvalue weighted by atomic mass is 10.1. The first kappa shape index (κ1) is 26.4. The molecule has 164 valence electrons. The number of hydrogen-bond acceptors (Lipinski definition) is 4. The lowest BCUT2D eigenvalue weighted by Crippen LogP contribution is -2.46. The number of hydrogen-bond donors (Lipinski definition) is 1. The molecule has 2 rings (SSSR count). The van der Waals surface area contributed by atoms with Crippen LogP contribution in [-0.4, -0.2) is 46.0 Å². The normalized spacial score (nSPS) is 15.5.